The molecule has 5 nitrogen and oxygen atoms in total. The minimum atomic E-state index is -0.0350. The van der Waals surface area contributed by atoms with Gasteiger partial charge in [-0.2, -0.15) is 0 Å². The average molecular weight is 301 g/mol. The van der Waals surface area contributed by atoms with Gasteiger partial charge in [0.2, 0.25) is 5.89 Å². The largest absolute Gasteiger partial charge is 0.444 e. The number of aromatic nitrogens is 1. The molecule has 0 bridgehead atoms. The summed E-state index contributed by atoms with van der Waals surface area (Å²) in [6.07, 6.45) is 2.31. The second-order valence-electron chi connectivity index (χ2n) is 5.16. The first-order valence-corrected chi connectivity index (χ1v) is 7.68. The van der Waals surface area contributed by atoms with Crippen molar-refractivity contribution >= 4 is 6.03 Å². The van der Waals surface area contributed by atoms with Crippen molar-refractivity contribution in [2.75, 3.05) is 19.6 Å². The van der Waals surface area contributed by atoms with E-state index in [0.717, 1.165) is 11.3 Å². The Labute approximate surface area is 131 Å². The highest BCUT2D eigenvalue weighted by molar-refractivity contribution is 5.74. The number of carbonyl (C=O) groups excluding carboxylic acids is 1. The van der Waals surface area contributed by atoms with Crippen LogP contribution in [0.4, 0.5) is 4.79 Å². The first-order valence-electron chi connectivity index (χ1n) is 7.68. The fraction of sp³-hybridized carbons (Fsp3) is 0.412. The summed E-state index contributed by atoms with van der Waals surface area (Å²) in [5, 5.41) is 2.89. The van der Waals surface area contributed by atoms with Crippen LogP contribution >= 0.6 is 0 Å². The number of oxazole rings is 1. The van der Waals surface area contributed by atoms with E-state index >= 15 is 0 Å². The van der Waals surface area contributed by atoms with Gasteiger partial charge in [0, 0.05) is 31.6 Å². The Morgan fingerprint density at radius 1 is 1.23 bits per heavy atom. The highest BCUT2D eigenvalue weighted by Crippen LogP contribution is 2.19. The van der Waals surface area contributed by atoms with E-state index in [1.807, 2.05) is 45.0 Å². The quantitative estimate of drug-likeness (QED) is 0.891. The summed E-state index contributed by atoms with van der Waals surface area (Å²) >= 11 is 0. The first kappa shape index (κ1) is 16.1. The second kappa shape index (κ2) is 7.64. The maximum Gasteiger partial charge on any atom is 0.317 e. The average Bonchev–Trinajstić information content (AvgIpc) is 2.98. The zero-order chi connectivity index (χ0) is 15.9. The molecule has 1 N–H and O–H groups in total. The van der Waals surface area contributed by atoms with Gasteiger partial charge in [-0.05, 0) is 32.9 Å². The molecule has 0 aliphatic heterocycles. The van der Waals surface area contributed by atoms with Gasteiger partial charge in [-0.1, -0.05) is 17.7 Å². The lowest BCUT2D eigenvalue weighted by Crippen LogP contribution is -2.40. The van der Waals surface area contributed by atoms with Gasteiger partial charge in [0.25, 0.3) is 0 Å². The molecule has 0 unspecified atom stereocenters. The molecule has 1 aromatic heterocycles. The highest BCUT2D eigenvalue weighted by Gasteiger charge is 2.10. The van der Waals surface area contributed by atoms with Crippen molar-refractivity contribution < 1.29 is 9.21 Å². The Hall–Kier alpha value is -2.30. The molecule has 0 saturated carbocycles. The Kier molecular flexibility index (Phi) is 5.58. The van der Waals surface area contributed by atoms with Crippen molar-refractivity contribution in [2.24, 2.45) is 0 Å². The van der Waals surface area contributed by atoms with Crippen LogP contribution in [0.3, 0.4) is 0 Å². The fourth-order valence-electron chi connectivity index (χ4n) is 2.17. The van der Waals surface area contributed by atoms with Crippen molar-refractivity contribution in [3.05, 3.63) is 41.8 Å². The lowest BCUT2D eigenvalue weighted by atomic mass is 10.1. The molecule has 0 aliphatic rings. The van der Waals surface area contributed by atoms with Gasteiger partial charge >= 0.3 is 6.03 Å². The van der Waals surface area contributed by atoms with Gasteiger partial charge in [0.05, 0.1) is 5.69 Å². The van der Waals surface area contributed by atoms with Gasteiger partial charge in [-0.3, -0.25) is 0 Å². The number of urea groups is 1. The third-order valence-corrected chi connectivity index (χ3v) is 3.56. The van der Waals surface area contributed by atoms with E-state index in [-0.39, 0.29) is 6.03 Å². The molecule has 2 aromatic rings. The summed E-state index contributed by atoms with van der Waals surface area (Å²) in [7, 11) is 0. The molecule has 0 radical (unpaired) electrons. The molecule has 0 atom stereocenters. The van der Waals surface area contributed by atoms with Gasteiger partial charge < -0.3 is 14.6 Å². The van der Waals surface area contributed by atoms with Crippen LogP contribution in [0.15, 0.2) is 34.9 Å². The number of benzene rings is 1. The molecule has 22 heavy (non-hydrogen) atoms. The molecule has 0 fully saturated rings. The van der Waals surface area contributed by atoms with Gasteiger partial charge in [-0.15, -0.1) is 0 Å². The molecule has 118 valence electrons. The van der Waals surface area contributed by atoms with E-state index in [0.29, 0.717) is 31.9 Å². The van der Waals surface area contributed by atoms with Crippen LogP contribution in [-0.2, 0) is 6.42 Å². The monoisotopic (exact) mass is 301 g/mol. The summed E-state index contributed by atoms with van der Waals surface area (Å²) in [6, 6.07) is 8.01. The molecular formula is C17H23N3O2. The van der Waals surface area contributed by atoms with E-state index in [4.69, 9.17) is 4.42 Å². The zero-order valence-electron chi connectivity index (χ0n) is 13.4. The van der Waals surface area contributed by atoms with E-state index in [1.165, 1.54) is 5.56 Å². The minimum Gasteiger partial charge on any atom is -0.444 e. The van der Waals surface area contributed by atoms with Crippen molar-refractivity contribution in [1.82, 2.24) is 15.2 Å². The van der Waals surface area contributed by atoms with Gasteiger partial charge in [0.15, 0.2) is 0 Å². The molecule has 0 saturated heterocycles. The van der Waals surface area contributed by atoms with Gasteiger partial charge in [0.1, 0.15) is 6.26 Å². The molecule has 1 aromatic carbocycles. The van der Waals surface area contributed by atoms with E-state index in [2.05, 4.69) is 10.3 Å². The molecular weight excluding hydrogens is 278 g/mol. The van der Waals surface area contributed by atoms with Crippen LogP contribution in [-0.4, -0.2) is 35.5 Å². The van der Waals surface area contributed by atoms with E-state index in [9.17, 15) is 4.79 Å². The predicted molar refractivity (Wildman–Crippen MR) is 86.7 cm³/mol. The standard InChI is InChI=1S/C17H23N3O2/c1-4-20(5-2)17(21)18-11-10-15-12-22-16(19-15)14-8-6-13(3)7-9-14/h6-9,12H,4-5,10-11H2,1-3H3,(H,18,21). The lowest BCUT2D eigenvalue weighted by Gasteiger charge is -2.18. The summed E-state index contributed by atoms with van der Waals surface area (Å²) in [5.74, 6) is 0.616. The SMILES string of the molecule is CCN(CC)C(=O)NCCc1coc(-c2ccc(C)cc2)n1. The van der Waals surface area contributed by atoms with Crippen LogP contribution < -0.4 is 5.32 Å². The number of rotatable bonds is 6. The summed E-state index contributed by atoms with van der Waals surface area (Å²) in [6.45, 7) is 7.95. The third-order valence-electron chi connectivity index (χ3n) is 3.56. The molecule has 0 spiro atoms. The molecule has 2 amide bonds. The fourth-order valence-corrected chi connectivity index (χ4v) is 2.17. The van der Waals surface area contributed by atoms with Gasteiger partial charge in [-0.25, -0.2) is 9.78 Å². The third kappa shape index (κ3) is 4.10. The summed E-state index contributed by atoms with van der Waals surface area (Å²) in [5.41, 5.74) is 3.01. The Bertz CT molecular complexity index is 601. The number of hydrogen-bond donors (Lipinski definition) is 1. The highest BCUT2D eigenvalue weighted by atomic mass is 16.3. The van der Waals surface area contributed by atoms with E-state index in [1.54, 1.807) is 11.2 Å². The second-order valence-corrected chi connectivity index (χ2v) is 5.16. The van der Waals surface area contributed by atoms with Crippen LogP contribution in [0.2, 0.25) is 0 Å². The number of aryl methyl sites for hydroxylation is 1. The van der Waals surface area contributed by atoms with Crippen LogP contribution in [0, 0.1) is 6.92 Å². The normalized spacial score (nSPS) is 10.5. The topological polar surface area (TPSA) is 58.4 Å². The smallest absolute Gasteiger partial charge is 0.317 e. The van der Waals surface area contributed by atoms with Crippen molar-refractivity contribution in [3.63, 3.8) is 0 Å². The van der Waals surface area contributed by atoms with Crippen molar-refractivity contribution in [1.29, 1.82) is 0 Å². The number of nitrogens with one attached hydrogen (secondary N) is 1. The zero-order valence-corrected chi connectivity index (χ0v) is 13.4. The Morgan fingerprint density at radius 2 is 1.91 bits per heavy atom. The molecule has 1 heterocycles. The maximum absolute atomic E-state index is 11.8. The lowest BCUT2D eigenvalue weighted by molar-refractivity contribution is 0.203. The predicted octanol–water partition coefficient (Wildman–Crippen LogP) is 3.24. The van der Waals surface area contributed by atoms with Crippen LogP contribution in [0.5, 0.6) is 0 Å². The molecule has 2 rings (SSSR count). The van der Waals surface area contributed by atoms with Crippen LogP contribution in [0.1, 0.15) is 25.1 Å². The molecule has 5 heteroatoms. The molecule has 0 aliphatic carbocycles. The van der Waals surface area contributed by atoms with Crippen molar-refractivity contribution in [3.8, 4) is 11.5 Å². The van der Waals surface area contributed by atoms with E-state index < -0.39 is 0 Å². The number of amides is 2. The number of hydrogen-bond acceptors (Lipinski definition) is 3. The minimum absolute atomic E-state index is 0.0350. The number of nitrogens with zero attached hydrogens (tertiary/aromatic N) is 2. The van der Waals surface area contributed by atoms with Crippen molar-refractivity contribution in [2.45, 2.75) is 27.2 Å². The maximum atomic E-state index is 11.8. The Balaban J connectivity index is 1.87. The number of carbonyl (C=O) groups is 1. The summed E-state index contributed by atoms with van der Waals surface area (Å²) in [4.78, 5) is 18.0. The summed E-state index contributed by atoms with van der Waals surface area (Å²) < 4.78 is 5.50. The van der Waals surface area contributed by atoms with Crippen LogP contribution in [0.25, 0.3) is 11.5 Å². The Morgan fingerprint density at radius 3 is 2.55 bits per heavy atom. The first-order chi connectivity index (χ1) is 10.6.